The van der Waals surface area contributed by atoms with Crippen LogP contribution >= 0.6 is 0 Å². The van der Waals surface area contributed by atoms with Crippen molar-refractivity contribution in [1.82, 2.24) is 4.90 Å². The lowest BCUT2D eigenvalue weighted by molar-refractivity contribution is 0.191. The summed E-state index contributed by atoms with van der Waals surface area (Å²) in [6.07, 6.45) is 4.17. The van der Waals surface area contributed by atoms with Crippen LogP contribution in [0.25, 0.3) is 0 Å². The number of methoxy groups -OCH3 is 2. The second kappa shape index (κ2) is 10.8. The van der Waals surface area contributed by atoms with Crippen molar-refractivity contribution in [3.05, 3.63) is 48.0 Å². The third-order valence-corrected chi connectivity index (χ3v) is 5.33. The van der Waals surface area contributed by atoms with Gasteiger partial charge in [-0.2, -0.15) is 0 Å². The van der Waals surface area contributed by atoms with E-state index in [0.29, 0.717) is 31.2 Å². The van der Waals surface area contributed by atoms with Crippen molar-refractivity contribution < 1.29 is 19.0 Å². The Hall–Kier alpha value is -2.89. The molecule has 0 bridgehead atoms. The zero-order valence-corrected chi connectivity index (χ0v) is 18.2. The molecule has 0 radical (unpaired) electrons. The molecule has 1 saturated heterocycles. The van der Waals surface area contributed by atoms with Gasteiger partial charge in [0.05, 0.1) is 27.4 Å². The van der Waals surface area contributed by atoms with E-state index in [9.17, 15) is 4.79 Å². The van der Waals surface area contributed by atoms with Gasteiger partial charge in [0.25, 0.3) is 0 Å². The van der Waals surface area contributed by atoms with Crippen molar-refractivity contribution in [2.24, 2.45) is 0 Å². The summed E-state index contributed by atoms with van der Waals surface area (Å²) in [6, 6.07) is 13.5. The van der Waals surface area contributed by atoms with E-state index in [4.69, 9.17) is 14.2 Å². The molecule has 0 unspecified atom stereocenters. The van der Waals surface area contributed by atoms with Crippen molar-refractivity contribution in [3.8, 4) is 17.2 Å². The van der Waals surface area contributed by atoms with Gasteiger partial charge in [0.2, 0.25) is 0 Å². The van der Waals surface area contributed by atoms with Crippen molar-refractivity contribution in [1.29, 1.82) is 0 Å². The molecule has 0 aromatic heterocycles. The molecule has 0 spiro atoms. The van der Waals surface area contributed by atoms with E-state index in [1.54, 1.807) is 14.2 Å². The van der Waals surface area contributed by atoms with Gasteiger partial charge < -0.3 is 19.1 Å². The fourth-order valence-corrected chi connectivity index (χ4v) is 3.69. The minimum Gasteiger partial charge on any atom is -0.496 e. The second-order valence-electron chi connectivity index (χ2n) is 7.41. The van der Waals surface area contributed by atoms with E-state index in [0.717, 1.165) is 49.2 Å². The van der Waals surface area contributed by atoms with Crippen LogP contribution < -0.4 is 19.1 Å². The Labute approximate surface area is 179 Å². The van der Waals surface area contributed by atoms with Crippen LogP contribution in [0.3, 0.4) is 0 Å². The van der Waals surface area contributed by atoms with Crippen molar-refractivity contribution in [2.75, 3.05) is 38.8 Å². The molecule has 30 heavy (non-hydrogen) atoms. The van der Waals surface area contributed by atoms with Crippen molar-refractivity contribution in [2.45, 2.75) is 39.2 Å². The highest BCUT2D eigenvalue weighted by Crippen LogP contribution is 2.33. The molecule has 6 nitrogen and oxygen atoms in total. The van der Waals surface area contributed by atoms with Gasteiger partial charge in [0.1, 0.15) is 5.75 Å². The molecule has 3 rings (SSSR count). The lowest BCUT2D eigenvalue weighted by Gasteiger charge is -2.36. The van der Waals surface area contributed by atoms with E-state index >= 15 is 0 Å². The number of hydrogen-bond donors (Lipinski definition) is 0. The lowest BCUT2D eigenvalue weighted by atomic mass is 10.1. The van der Waals surface area contributed by atoms with Crippen molar-refractivity contribution in [3.63, 3.8) is 0 Å². The van der Waals surface area contributed by atoms with Crippen LogP contribution in [-0.2, 0) is 6.54 Å². The number of amides is 2. The minimum absolute atomic E-state index is 0.00532. The zero-order valence-electron chi connectivity index (χ0n) is 18.2. The molecule has 1 heterocycles. The SMILES string of the molecule is CCCCCOc1cc(N2CCCN(Cc3ccccc3OC)C2=O)ccc1OC. The number of benzene rings is 2. The molecular formula is C24H32N2O4. The normalized spacial score (nSPS) is 14.0. The summed E-state index contributed by atoms with van der Waals surface area (Å²) in [5.74, 6) is 2.17. The first-order valence-corrected chi connectivity index (χ1v) is 10.7. The highest BCUT2D eigenvalue weighted by atomic mass is 16.5. The van der Waals surface area contributed by atoms with E-state index in [2.05, 4.69) is 6.92 Å². The van der Waals surface area contributed by atoms with Crippen LogP contribution in [0.5, 0.6) is 17.2 Å². The maximum Gasteiger partial charge on any atom is 0.324 e. The number of anilines is 1. The van der Waals surface area contributed by atoms with E-state index in [1.807, 2.05) is 52.3 Å². The number of para-hydroxylation sites is 1. The summed E-state index contributed by atoms with van der Waals surface area (Å²) in [5.41, 5.74) is 1.83. The molecule has 1 fully saturated rings. The first kappa shape index (κ1) is 21.8. The number of carbonyl (C=O) groups excluding carboxylic acids is 1. The Balaban J connectivity index is 1.75. The summed E-state index contributed by atoms with van der Waals surface area (Å²) < 4.78 is 16.8. The second-order valence-corrected chi connectivity index (χ2v) is 7.41. The summed E-state index contributed by atoms with van der Waals surface area (Å²) in [6.45, 7) is 4.74. The first-order valence-electron chi connectivity index (χ1n) is 10.7. The molecule has 2 amide bonds. The molecule has 2 aromatic carbocycles. The molecular weight excluding hydrogens is 380 g/mol. The highest BCUT2D eigenvalue weighted by molar-refractivity contribution is 5.93. The monoisotopic (exact) mass is 412 g/mol. The smallest absolute Gasteiger partial charge is 0.324 e. The highest BCUT2D eigenvalue weighted by Gasteiger charge is 2.28. The van der Waals surface area contributed by atoms with Crippen molar-refractivity contribution >= 4 is 11.7 Å². The van der Waals surface area contributed by atoms with Gasteiger partial charge in [-0.1, -0.05) is 38.0 Å². The van der Waals surface area contributed by atoms with Gasteiger partial charge in [-0.25, -0.2) is 4.79 Å². The average molecular weight is 413 g/mol. The third kappa shape index (κ3) is 5.17. The Bertz CT molecular complexity index is 840. The van der Waals surface area contributed by atoms with Gasteiger partial charge in [-0.15, -0.1) is 0 Å². The first-order chi connectivity index (χ1) is 14.7. The average Bonchev–Trinajstić information content (AvgIpc) is 2.78. The largest absolute Gasteiger partial charge is 0.496 e. The van der Waals surface area contributed by atoms with Crippen LogP contribution in [0.15, 0.2) is 42.5 Å². The van der Waals surface area contributed by atoms with Crippen LogP contribution in [0.1, 0.15) is 38.2 Å². The zero-order chi connectivity index (χ0) is 21.3. The number of rotatable bonds is 10. The predicted molar refractivity (Wildman–Crippen MR) is 119 cm³/mol. The summed E-state index contributed by atoms with van der Waals surface area (Å²) >= 11 is 0. The maximum atomic E-state index is 13.2. The quantitative estimate of drug-likeness (QED) is 0.509. The van der Waals surface area contributed by atoms with Gasteiger partial charge in [-0.3, -0.25) is 4.90 Å². The molecule has 0 saturated carbocycles. The molecule has 2 aromatic rings. The fourth-order valence-electron chi connectivity index (χ4n) is 3.69. The summed E-state index contributed by atoms with van der Waals surface area (Å²) in [4.78, 5) is 16.9. The van der Waals surface area contributed by atoms with Gasteiger partial charge in [-0.05, 0) is 31.0 Å². The molecule has 1 aliphatic rings. The Morgan fingerprint density at radius 2 is 1.73 bits per heavy atom. The van der Waals surface area contributed by atoms with Gasteiger partial charge in [0, 0.05) is 30.4 Å². The van der Waals surface area contributed by atoms with Crippen LogP contribution in [0.2, 0.25) is 0 Å². The molecule has 162 valence electrons. The number of carbonyl (C=O) groups is 1. The molecule has 1 aliphatic heterocycles. The number of unbranched alkanes of at least 4 members (excludes halogenated alkanes) is 2. The minimum atomic E-state index is -0.00532. The number of ether oxygens (including phenoxy) is 3. The fraction of sp³-hybridized carbons (Fsp3) is 0.458. The third-order valence-electron chi connectivity index (χ3n) is 5.33. The lowest BCUT2D eigenvalue weighted by Crippen LogP contribution is -2.49. The maximum absolute atomic E-state index is 13.2. The Morgan fingerprint density at radius 1 is 0.933 bits per heavy atom. The molecule has 0 aliphatic carbocycles. The number of urea groups is 1. The van der Waals surface area contributed by atoms with Gasteiger partial charge >= 0.3 is 6.03 Å². The molecule has 0 N–H and O–H groups in total. The topological polar surface area (TPSA) is 51.2 Å². The molecule has 0 atom stereocenters. The summed E-state index contributed by atoms with van der Waals surface area (Å²) in [7, 11) is 3.29. The standard InChI is InChI=1S/C24H32N2O4/c1-4-5-8-16-30-23-17-20(12-13-22(23)29-3)26-15-9-14-25(24(26)27)18-19-10-6-7-11-21(19)28-2/h6-7,10-13,17H,4-5,8-9,14-16,18H2,1-3H3. The van der Waals surface area contributed by atoms with Crippen LogP contribution in [0, 0.1) is 0 Å². The van der Waals surface area contributed by atoms with Gasteiger partial charge in [0.15, 0.2) is 11.5 Å². The Kier molecular flexibility index (Phi) is 7.82. The van der Waals surface area contributed by atoms with E-state index in [-0.39, 0.29) is 6.03 Å². The van der Waals surface area contributed by atoms with Crippen LogP contribution in [0.4, 0.5) is 10.5 Å². The number of hydrogen-bond acceptors (Lipinski definition) is 4. The number of nitrogens with zero attached hydrogens (tertiary/aromatic N) is 2. The predicted octanol–water partition coefficient (Wildman–Crippen LogP) is 5.11. The van der Waals surface area contributed by atoms with E-state index < -0.39 is 0 Å². The molecule has 6 heteroatoms. The van der Waals surface area contributed by atoms with Crippen LogP contribution in [-0.4, -0.2) is 44.8 Å². The Morgan fingerprint density at radius 3 is 2.50 bits per heavy atom. The van der Waals surface area contributed by atoms with E-state index in [1.165, 1.54) is 0 Å². The summed E-state index contributed by atoms with van der Waals surface area (Å²) in [5, 5.41) is 0.